The number of nitrogens with zero attached hydrogens (tertiary/aromatic N) is 1. The minimum absolute atomic E-state index is 0.0335. The molecule has 0 bridgehead atoms. The van der Waals surface area contributed by atoms with Crippen LogP contribution in [0.2, 0.25) is 5.02 Å². The number of benzene rings is 2. The number of amides is 1. The number of nitriles is 1. The summed E-state index contributed by atoms with van der Waals surface area (Å²) < 4.78 is 29.6. The average Bonchev–Trinajstić information content (AvgIpc) is 2.60. The van der Waals surface area contributed by atoms with Gasteiger partial charge in [-0.3, -0.25) is 10.2 Å². The molecule has 0 radical (unpaired) electrons. The van der Waals surface area contributed by atoms with Crippen LogP contribution in [0.4, 0.5) is 0 Å². The number of hydrazine groups is 1. The van der Waals surface area contributed by atoms with E-state index in [4.69, 9.17) is 21.6 Å². The van der Waals surface area contributed by atoms with E-state index in [-0.39, 0.29) is 9.92 Å². The molecule has 0 saturated carbocycles. The summed E-state index contributed by atoms with van der Waals surface area (Å²) in [4.78, 5) is 13.8. The molecule has 0 aromatic heterocycles. The van der Waals surface area contributed by atoms with Crippen LogP contribution in [0.5, 0.6) is 5.75 Å². The second-order valence-electron chi connectivity index (χ2n) is 4.92. The van der Waals surface area contributed by atoms with Crippen LogP contribution >= 0.6 is 11.6 Å². The number of hydrogen-bond acceptors (Lipinski definition) is 5. The Morgan fingerprint density at radius 1 is 1.20 bits per heavy atom. The van der Waals surface area contributed by atoms with E-state index in [0.717, 1.165) is 0 Å². The Morgan fingerprint density at radius 2 is 1.84 bits per heavy atom. The number of hydrogen-bond donors (Lipinski definition) is 2. The third-order valence-electron chi connectivity index (χ3n) is 3.10. The summed E-state index contributed by atoms with van der Waals surface area (Å²) in [6, 6.07) is 14.0. The predicted molar refractivity (Wildman–Crippen MR) is 91.2 cm³/mol. The molecule has 0 aliphatic heterocycles. The molecule has 25 heavy (non-hydrogen) atoms. The van der Waals surface area contributed by atoms with Gasteiger partial charge < -0.3 is 4.74 Å². The highest BCUT2D eigenvalue weighted by atomic mass is 35.5. The maximum absolute atomic E-state index is 12.1. The SMILES string of the molecule is C[C@H](Oc1ccc(C#N)cc1)C(=O)NNS(=O)(=O)c1ccccc1Cl. The quantitative estimate of drug-likeness (QED) is 0.746. The Balaban J connectivity index is 1.97. The number of halogens is 1. The number of ether oxygens (including phenoxy) is 1. The number of nitrogens with one attached hydrogen (secondary N) is 2. The summed E-state index contributed by atoms with van der Waals surface area (Å²) in [6.45, 7) is 1.46. The maximum Gasteiger partial charge on any atom is 0.275 e. The van der Waals surface area contributed by atoms with Crippen LogP contribution in [0.3, 0.4) is 0 Å². The van der Waals surface area contributed by atoms with Crippen molar-refractivity contribution in [3.8, 4) is 11.8 Å². The van der Waals surface area contributed by atoms with Crippen LogP contribution in [-0.4, -0.2) is 20.4 Å². The van der Waals surface area contributed by atoms with Gasteiger partial charge in [-0.25, -0.2) is 8.42 Å². The minimum atomic E-state index is -4.01. The van der Waals surface area contributed by atoms with Gasteiger partial charge in [-0.15, -0.1) is 4.83 Å². The number of sulfonamides is 1. The molecule has 0 aliphatic rings. The Bertz CT molecular complexity index is 908. The average molecular weight is 380 g/mol. The van der Waals surface area contributed by atoms with Gasteiger partial charge in [0.05, 0.1) is 16.7 Å². The zero-order chi connectivity index (χ0) is 18.4. The van der Waals surface area contributed by atoms with Crippen molar-refractivity contribution in [2.45, 2.75) is 17.9 Å². The number of rotatable bonds is 6. The van der Waals surface area contributed by atoms with Gasteiger partial charge >= 0.3 is 0 Å². The Hall–Kier alpha value is -2.60. The molecule has 0 aliphatic carbocycles. The maximum atomic E-state index is 12.1. The van der Waals surface area contributed by atoms with Crippen molar-refractivity contribution in [1.29, 1.82) is 5.26 Å². The van der Waals surface area contributed by atoms with Crippen molar-refractivity contribution in [1.82, 2.24) is 10.3 Å². The molecule has 0 unspecified atom stereocenters. The van der Waals surface area contributed by atoms with Crippen molar-refractivity contribution in [3.05, 3.63) is 59.1 Å². The molecule has 2 aromatic rings. The van der Waals surface area contributed by atoms with Crippen molar-refractivity contribution in [3.63, 3.8) is 0 Å². The summed E-state index contributed by atoms with van der Waals surface area (Å²) in [5.41, 5.74) is 2.53. The van der Waals surface area contributed by atoms with Gasteiger partial charge in [-0.05, 0) is 43.3 Å². The molecule has 1 amide bonds. The molecular formula is C16H14ClN3O4S. The van der Waals surface area contributed by atoms with Crippen LogP contribution in [0.1, 0.15) is 12.5 Å². The van der Waals surface area contributed by atoms with Gasteiger partial charge in [-0.2, -0.15) is 5.26 Å². The fraction of sp³-hybridized carbons (Fsp3) is 0.125. The molecule has 0 spiro atoms. The fourth-order valence-corrected chi connectivity index (χ4v) is 3.17. The van der Waals surface area contributed by atoms with Gasteiger partial charge in [0.2, 0.25) is 0 Å². The predicted octanol–water partition coefficient (Wildman–Crippen LogP) is 1.99. The highest BCUT2D eigenvalue weighted by Gasteiger charge is 2.21. The van der Waals surface area contributed by atoms with Crippen LogP contribution in [0.15, 0.2) is 53.4 Å². The van der Waals surface area contributed by atoms with E-state index in [1.54, 1.807) is 18.2 Å². The van der Waals surface area contributed by atoms with Crippen LogP contribution in [0, 0.1) is 11.3 Å². The molecule has 2 N–H and O–H groups in total. The van der Waals surface area contributed by atoms with Crippen LogP contribution in [-0.2, 0) is 14.8 Å². The zero-order valence-electron chi connectivity index (χ0n) is 13.1. The highest BCUT2D eigenvalue weighted by Crippen LogP contribution is 2.19. The van der Waals surface area contributed by atoms with Gasteiger partial charge in [-0.1, -0.05) is 23.7 Å². The first kappa shape index (κ1) is 18.7. The molecule has 9 heteroatoms. The summed E-state index contributed by atoms with van der Waals surface area (Å²) in [6.07, 6.45) is -0.970. The van der Waals surface area contributed by atoms with E-state index in [2.05, 4.69) is 5.43 Å². The molecule has 2 aromatic carbocycles. The third kappa shape index (κ3) is 4.93. The van der Waals surface area contributed by atoms with Crippen LogP contribution < -0.4 is 15.0 Å². The minimum Gasteiger partial charge on any atom is -0.481 e. The van der Waals surface area contributed by atoms with E-state index in [1.165, 1.54) is 37.3 Å². The van der Waals surface area contributed by atoms with E-state index >= 15 is 0 Å². The first-order valence-electron chi connectivity index (χ1n) is 7.06. The smallest absolute Gasteiger partial charge is 0.275 e. The summed E-state index contributed by atoms with van der Waals surface area (Å²) in [5, 5.41) is 8.76. The van der Waals surface area contributed by atoms with Crippen molar-refractivity contribution < 1.29 is 17.9 Å². The second kappa shape index (κ2) is 7.98. The van der Waals surface area contributed by atoms with Gasteiger partial charge in [0.15, 0.2) is 6.10 Å². The lowest BCUT2D eigenvalue weighted by Crippen LogP contribution is -2.47. The molecule has 0 heterocycles. The van der Waals surface area contributed by atoms with Gasteiger partial charge in [0, 0.05) is 0 Å². The van der Waals surface area contributed by atoms with E-state index in [9.17, 15) is 13.2 Å². The lowest BCUT2D eigenvalue weighted by Gasteiger charge is -2.15. The lowest BCUT2D eigenvalue weighted by molar-refractivity contribution is -0.127. The summed E-state index contributed by atoms with van der Waals surface area (Å²) in [5.74, 6) is -0.324. The van der Waals surface area contributed by atoms with Crippen LogP contribution in [0.25, 0.3) is 0 Å². The second-order valence-corrected chi connectivity index (χ2v) is 6.98. The molecular weight excluding hydrogens is 366 g/mol. The highest BCUT2D eigenvalue weighted by molar-refractivity contribution is 7.89. The zero-order valence-corrected chi connectivity index (χ0v) is 14.6. The van der Waals surface area contributed by atoms with E-state index < -0.39 is 22.0 Å². The Labute approximate surface area is 150 Å². The standard InChI is InChI=1S/C16H14ClN3O4S/c1-11(24-13-8-6-12(10-18)7-9-13)16(21)19-20-25(22,23)15-5-3-2-4-14(15)17/h2-9,11,20H,1H3,(H,19,21)/t11-/m0/s1. The Kier molecular flexibility index (Phi) is 5.98. The molecule has 0 saturated heterocycles. The van der Waals surface area contributed by atoms with Gasteiger partial charge in [0.25, 0.3) is 15.9 Å². The van der Waals surface area contributed by atoms with Crippen molar-refractivity contribution >= 4 is 27.5 Å². The largest absolute Gasteiger partial charge is 0.481 e. The van der Waals surface area contributed by atoms with E-state index in [1.807, 2.05) is 10.9 Å². The van der Waals surface area contributed by atoms with E-state index in [0.29, 0.717) is 11.3 Å². The number of carbonyl (C=O) groups is 1. The molecule has 130 valence electrons. The normalized spacial score (nSPS) is 12.0. The van der Waals surface area contributed by atoms with Gasteiger partial charge in [0.1, 0.15) is 10.6 Å². The van der Waals surface area contributed by atoms with Crippen molar-refractivity contribution in [2.24, 2.45) is 0 Å². The molecule has 1 atom stereocenters. The first-order chi connectivity index (χ1) is 11.8. The summed E-state index contributed by atoms with van der Waals surface area (Å²) >= 11 is 5.84. The molecule has 7 nitrogen and oxygen atoms in total. The molecule has 0 fully saturated rings. The molecule has 2 rings (SSSR count). The fourth-order valence-electron chi connectivity index (χ4n) is 1.80. The third-order valence-corrected chi connectivity index (χ3v) is 4.85. The summed E-state index contributed by atoms with van der Waals surface area (Å²) in [7, 11) is -4.01. The Morgan fingerprint density at radius 3 is 2.44 bits per heavy atom. The topological polar surface area (TPSA) is 108 Å². The van der Waals surface area contributed by atoms with Crippen molar-refractivity contribution in [2.75, 3.05) is 0 Å². The monoisotopic (exact) mass is 379 g/mol. The first-order valence-corrected chi connectivity index (χ1v) is 8.92. The lowest BCUT2D eigenvalue weighted by atomic mass is 10.2. The number of carbonyl (C=O) groups excluding carboxylic acids is 1.